The predicted octanol–water partition coefficient (Wildman–Crippen LogP) is 3.64. The molecule has 0 amide bonds. The van der Waals surface area contributed by atoms with Crippen LogP contribution in [0.3, 0.4) is 0 Å². The van der Waals surface area contributed by atoms with E-state index in [0.717, 1.165) is 21.1 Å². The fraction of sp³-hybridized carbons (Fsp3) is 0.167. The Balaban J connectivity index is 2.22. The van der Waals surface area contributed by atoms with Crippen LogP contribution >= 0.6 is 27.7 Å². The second-order valence-electron chi connectivity index (χ2n) is 3.32. The number of benzene rings is 1. The molecule has 0 aliphatic rings. The third-order valence-electron chi connectivity index (χ3n) is 2.14. The lowest BCUT2D eigenvalue weighted by molar-refractivity contribution is 0.894. The van der Waals surface area contributed by atoms with Gasteiger partial charge in [0.25, 0.3) is 0 Å². The van der Waals surface area contributed by atoms with E-state index in [-0.39, 0.29) is 0 Å². The number of nitriles is 1. The highest BCUT2D eigenvalue weighted by Gasteiger charge is 2.05. The minimum absolute atomic E-state index is 0.538. The van der Waals surface area contributed by atoms with E-state index in [1.54, 1.807) is 18.0 Å². The lowest BCUT2D eigenvalue weighted by atomic mass is 10.3. The molecular weight excluding hydrogens is 298 g/mol. The highest BCUT2D eigenvalue weighted by molar-refractivity contribution is 9.10. The molecule has 0 fully saturated rings. The molecule has 1 heterocycles. The van der Waals surface area contributed by atoms with Crippen LogP contribution in [-0.2, 0) is 0 Å². The molecule has 3 nitrogen and oxygen atoms in total. The summed E-state index contributed by atoms with van der Waals surface area (Å²) in [6.45, 7) is 0. The molecule has 5 heteroatoms. The van der Waals surface area contributed by atoms with Crippen LogP contribution in [0.15, 0.2) is 46.3 Å². The largest absolute Gasteiger partial charge is 0.295 e. The molecule has 86 valence electrons. The smallest absolute Gasteiger partial charge is 0.172 e. The van der Waals surface area contributed by atoms with E-state index >= 15 is 0 Å². The minimum atomic E-state index is 0.538. The Morgan fingerprint density at radius 1 is 1.47 bits per heavy atom. The molecule has 17 heavy (non-hydrogen) atoms. The first kappa shape index (κ1) is 12.2. The van der Waals surface area contributed by atoms with Gasteiger partial charge < -0.3 is 0 Å². The summed E-state index contributed by atoms with van der Waals surface area (Å²) in [7, 11) is 0. The Labute approximate surface area is 113 Å². The third kappa shape index (κ3) is 3.11. The third-order valence-corrected chi connectivity index (χ3v) is 3.60. The molecule has 1 aromatic carbocycles. The van der Waals surface area contributed by atoms with Crippen LogP contribution < -0.4 is 0 Å². The summed E-state index contributed by atoms with van der Waals surface area (Å²) in [5, 5.41) is 9.44. The molecule has 0 saturated heterocycles. The molecule has 2 aromatic rings. The minimum Gasteiger partial charge on any atom is -0.295 e. The lowest BCUT2D eigenvalue weighted by Crippen LogP contribution is -1.95. The Kier molecular flexibility index (Phi) is 4.24. The van der Waals surface area contributed by atoms with Crippen LogP contribution in [0.2, 0.25) is 0 Å². The molecule has 0 bridgehead atoms. The van der Waals surface area contributed by atoms with Crippen molar-refractivity contribution in [2.75, 3.05) is 5.75 Å². The monoisotopic (exact) mass is 307 g/mol. The first-order valence-corrected chi connectivity index (χ1v) is 6.88. The van der Waals surface area contributed by atoms with Crippen molar-refractivity contribution in [2.24, 2.45) is 0 Å². The molecule has 0 aliphatic heterocycles. The van der Waals surface area contributed by atoms with Gasteiger partial charge in [-0.1, -0.05) is 33.8 Å². The Bertz CT molecular complexity index is 545. The molecule has 2 rings (SSSR count). The number of imidazole rings is 1. The first-order valence-electron chi connectivity index (χ1n) is 5.10. The summed E-state index contributed by atoms with van der Waals surface area (Å²) >= 11 is 5.05. The van der Waals surface area contributed by atoms with Crippen LogP contribution in [0, 0.1) is 11.3 Å². The van der Waals surface area contributed by atoms with Gasteiger partial charge in [-0.25, -0.2) is 4.98 Å². The zero-order chi connectivity index (χ0) is 12.1. The van der Waals surface area contributed by atoms with Crippen molar-refractivity contribution in [2.45, 2.75) is 11.6 Å². The number of thioether (sulfide) groups is 1. The van der Waals surface area contributed by atoms with E-state index in [0.29, 0.717) is 6.42 Å². The number of hydrogen-bond donors (Lipinski definition) is 0. The number of rotatable bonds is 4. The van der Waals surface area contributed by atoms with E-state index in [4.69, 9.17) is 5.26 Å². The first-order chi connectivity index (χ1) is 8.31. The Hall–Kier alpha value is -1.25. The van der Waals surface area contributed by atoms with Crippen molar-refractivity contribution in [3.8, 4) is 11.8 Å². The molecule has 1 aromatic heterocycles. The average Bonchev–Trinajstić information content (AvgIpc) is 2.78. The quantitative estimate of drug-likeness (QED) is 0.639. The second-order valence-corrected chi connectivity index (χ2v) is 5.29. The van der Waals surface area contributed by atoms with Gasteiger partial charge in [0, 0.05) is 34.7 Å². The van der Waals surface area contributed by atoms with Crippen molar-refractivity contribution in [3.63, 3.8) is 0 Å². The van der Waals surface area contributed by atoms with Crippen LogP contribution in [-0.4, -0.2) is 15.3 Å². The molecule has 0 spiro atoms. The maximum absolute atomic E-state index is 8.52. The Morgan fingerprint density at radius 2 is 2.35 bits per heavy atom. The summed E-state index contributed by atoms with van der Waals surface area (Å²) in [5.41, 5.74) is 1.07. The van der Waals surface area contributed by atoms with E-state index in [2.05, 4.69) is 27.0 Å². The summed E-state index contributed by atoms with van der Waals surface area (Å²) < 4.78 is 3.06. The molecule has 0 radical (unpaired) electrons. The molecule has 0 saturated carbocycles. The van der Waals surface area contributed by atoms with E-state index in [1.165, 1.54) is 0 Å². The van der Waals surface area contributed by atoms with Gasteiger partial charge in [-0.2, -0.15) is 5.26 Å². The SMILES string of the molecule is N#CCCSc1nccn1-c1cccc(Br)c1. The van der Waals surface area contributed by atoms with Gasteiger partial charge in [-0.3, -0.25) is 4.57 Å². The van der Waals surface area contributed by atoms with Crippen molar-refractivity contribution in [1.29, 1.82) is 5.26 Å². The highest BCUT2D eigenvalue weighted by Crippen LogP contribution is 2.22. The van der Waals surface area contributed by atoms with Crippen molar-refractivity contribution in [3.05, 3.63) is 41.1 Å². The van der Waals surface area contributed by atoms with E-state index < -0.39 is 0 Å². The average molecular weight is 308 g/mol. The Morgan fingerprint density at radius 3 is 3.12 bits per heavy atom. The number of hydrogen-bond acceptors (Lipinski definition) is 3. The maximum Gasteiger partial charge on any atom is 0.172 e. The van der Waals surface area contributed by atoms with Crippen LogP contribution in [0.4, 0.5) is 0 Å². The second kappa shape index (κ2) is 5.89. The van der Waals surface area contributed by atoms with E-state index in [1.807, 2.05) is 35.0 Å². The van der Waals surface area contributed by atoms with Crippen LogP contribution in [0.1, 0.15) is 6.42 Å². The van der Waals surface area contributed by atoms with Gasteiger partial charge in [0.05, 0.1) is 6.07 Å². The van der Waals surface area contributed by atoms with Crippen LogP contribution in [0.5, 0.6) is 0 Å². The van der Waals surface area contributed by atoms with Gasteiger partial charge in [-0.05, 0) is 18.2 Å². The molecule has 0 aliphatic carbocycles. The van der Waals surface area contributed by atoms with Gasteiger partial charge in [0.2, 0.25) is 0 Å². The number of nitrogens with zero attached hydrogens (tertiary/aromatic N) is 3. The lowest BCUT2D eigenvalue weighted by Gasteiger charge is -2.06. The summed E-state index contributed by atoms with van der Waals surface area (Å²) in [6.07, 6.45) is 4.24. The van der Waals surface area contributed by atoms with Gasteiger partial charge >= 0.3 is 0 Å². The van der Waals surface area contributed by atoms with Crippen molar-refractivity contribution >= 4 is 27.7 Å². The highest BCUT2D eigenvalue weighted by atomic mass is 79.9. The fourth-order valence-corrected chi connectivity index (χ4v) is 2.61. The van der Waals surface area contributed by atoms with Crippen molar-refractivity contribution < 1.29 is 0 Å². The van der Waals surface area contributed by atoms with Gasteiger partial charge in [0.15, 0.2) is 5.16 Å². The topological polar surface area (TPSA) is 41.6 Å². The molecule has 0 unspecified atom stereocenters. The zero-order valence-electron chi connectivity index (χ0n) is 9.01. The fourth-order valence-electron chi connectivity index (χ4n) is 1.41. The molecule has 0 N–H and O–H groups in total. The normalized spacial score (nSPS) is 10.1. The standard InChI is InChI=1S/C12H10BrN3S/c13-10-3-1-4-11(9-10)16-7-6-15-12(16)17-8-2-5-14/h1,3-4,6-7,9H,2,8H2. The summed E-state index contributed by atoms with van der Waals surface area (Å²) in [5.74, 6) is 0.765. The van der Waals surface area contributed by atoms with Crippen LogP contribution in [0.25, 0.3) is 5.69 Å². The summed E-state index contributed by atoms with van der Waals surface area (Å²) in [6, 6.07) is 10.2. The molecule has 0 atom stereocenters. The van der Waals surface area contributed by atoms with Crippen molar-refractivity contribution in [1.82, 2.24) is 9.55 Å². The molecular formula is C12H10BrN3S. The van der Waals surface area contributed by atoms with E-state index in [9.17, 15) is 0 Å². The number of halogens is 1. The number of aromatic nitrogens is 2. The zero-order valence-corrected chi connectivity index (χ0v) is 11.4. The maximum atomic E-state index is 8.52. The predicted molar refractivity (Wildman–Crippen MR) is 72.2 cm³/mol. The van der Waals surface area contributed by atoms with Gasteiger partial charge in [0.1, 0.15) is 0 Å². The summed E-state index contributed by atoms with van der Waals surface area (Å²) in [4.78, 5) is 4.30. The van der Waals surface area contributed by atoms with Gasteiger partial charge in [-0.15, -0.1) is 0 Å².